The lowest BCUT2D eigenvalue weighted by Crippen LogP contribution is -2.64. The molecular formula is C23H30O5. The molecule has 5 aliphatic rings. The maximum absolute atomic E-state index is 12.4. The van der Waals surface area contributed by atoms with E-state index in [0.29, 0.717) is 44.1 Å². The van der Waals surface area contributed by atoms with Crippen molar-refractivity contribution in [3.63, 3.8) is 0 Å². The molecule has 0 aromatic carbocycles. The first kappa shape index (κ1) is 18.6. The number of allylic oxidation sites excluding steroid dienone is 2. The van der Waals surface area contributed by atoms with Gasteiger partial charge in [-0.25, -0.2) is 4.79 Å². The highest BCUT2D eigenvalue weighted by Gasteiger charge is 2.65. The lowest BCUT2D eigenvalue weighted by molar-refractivity contribution is -0.200. The molecule has 1 aliphatic heterocycles. The number of carbonyl (C=O) groups excluding carboxylic acids is 2. The van der Waals surface area contributed by atoms with E-state index in [2.05, 4.69) is 13.0 Å². The Kier molecular flexibility index (Phi) is 3.99. The van der Waals surface area contributed by atoms with Crippen LogP contribution in [0.15, 0.2) is 23.3 Å². The number of hydrogen-bond acceptors (Lipinski definition) is 5. The molecule has 5 nitrogen and oxygen atoms in total. The van der Waals surface area contributed by atoms with Crippen molar-refractivity contribution in [2.24, 2.45) is 28.6 Å². The number of carbonyl (C=O) groups is 2. The van der Waals surface area contributed by atoms with Crippen LogP contribution in [0.3, 0.4) is 0 Å². The molecule has 28 heavy (non-hydrogen) atoms. The molecule has 3 saturated carbocycles. The number of hydrogen-bond donors (Lipinski definition) is 2. The zero-order valence-corrected chi connectivity index (χ0v) is 16.5. The topological polar surface area (TPSA) is 83.8 Å². The Balaban J connectivity index is 1.48. The van der Waals surface area contributed by atoms with Crippen molar-refractivity contribution in [2.45, 2.75) is 70.0 Å². The highest BCUT2D eigenvalue weighted by Crippen LogP contribution is 2.67. The van der Waals surface area contributed by atoms with Crippen molar-refractivity contribution in [3.8, 4) is 0 Å². The predicted molar refractivity (Wildman–Crippen MR) is 102 cm³/mol. The largest absolute Gasteiger partial charge is 0.458 e. The van der Waals surface area contributed by atoms with E-state index in [4.69, 9.17) is 4.74 Å². The Morgan fingerprint density at radius 3 is 2.75 bits per heavy atom. The number of ether oxygens (including phenoxy) is 1. The minimum absolute atomic E-state index is 0.00862. The van der Waals surface area contributed by atoms with Crippen LogP contribution in [0.25, 0.3) is 0 Å². The zero-order valence-electron chi connectivity index (χ0n) is 16.5. The molecule has 0 spiro atoms. The third-order valence-electron chi connectivity index (χ3n) is 9.07. The van der Waals surface area contributed by atoms with E-state index < -0.39 is 17.1 Å². The first-order chi connectivity index (χ1) is 13.3. The van der Waals surface area contributed by atoms with Crippen LogP contribution < -0.4 is 0 Å². The molecule has 7 atom stereocenters. The zero-order chi connectivity index (χ0) is 19.7. The van der Waals surface area contributed by atoms with Crippen LogP contribution >= 0.6 is 0 Å². The van der Waals surface area contributed by atoms with Crippen molar-refractivity contribution < 1.29 is 24.5 Å². The number of aldehydes is 1. The maximum Gasteiger partial charge on any atom is 0.331 e. The van der Waals surface area contributed by atoms with E-state index in [1.807, 2.05) is 0 Å². The summed E-state index contributed by atoms with van der Waals surface area (Å²) in [5.74, 6) is 0.521. The number of esters is 1. The molecule has 0 saturated heterocycles. The average Bonchev–Trinajstić information content (AvgIpc) is 3.23. The monoisotopic (exact) mass is 386 g/mol. The Morgan fingerprint density at radius 2 is 2.04 bits per heavy atom. The van der Waals surface area contributed by atoms with E-state index >= 15 is 0 Å². The molecule has 0 aromatic rings. The number of rotatable bonds is 2. The summed E-state index contributed by atoms with van der Waals surface area (Å²) in [6.07, 6.45) is 10.3. The van der Waals surface area contributed by atoms with E-state index in [0.717, 1.165) is 37.5 Å². The van der Waals surface area contributed by atoms with E-state index in [1.165, 1.54) is 5.57 Å². The van der Waals surface area contributed by atoms with Gasteiger partial charge in [-0.1, -0.05) is 18.6 Å². The van der Waals surface area contributed by atoms with Gasteiger partial charge < -0.3 is 19.7 Å². The van der Waals surface area contributed by atoms with Crippen LogP contribution in [0.5, 0.6) is 0 Å². The van der Waals surface area contributed by atoms with Crippen molar-refractivity contribution in [2.75, 3.05) is 6.61 Å². The van der Waals surface area contributed by atoms with Crippen molar-refractivity contribution in [3.05, 3.63) is 23.3 Å². The van der Waals surface area contributed by atoms with Crippen LogP contribution in [0.1, 0.15) is 58.3 Å². The van der Waals surface area contributed by atoms with Crippen molar-refractivity contribution in [1.82, 2.24) is 0 Å². The summed E-state index contributed by atoms with van der Waals surface area (Å²) in [6.45, 7) is 2.72. The second-order valence-corrected chi connectivity index (χ2v) is 10.1. The Labute approximate surface area is 165 Å². The number of cyclic esters (lactones) is 1. The first-order valence-electron chi connectivity index (χ1n) is 10.8. The number of aliphatic hydroxyl groups excluding tert-OH is 1. The fourth-order valence-corrected chi connectivity index (χ4v) is 7.67. The van der Waals surface area contributed by atoms with Gasteiger partial charge in [-0.3, -0.25) is 0 Å². The molecule has 0 bridgehead atoms. The summed E-state index contributed by atoms with van der Waals surface area (Å²) in [7, 11) is 0. The van der Waals surface area contributed by atoms with Gasteiger partial charge in [0.2, 0.25) is 0 Å². The number of fused-ring (bicyclic) bond motifs is 5. The molecule has 0 unspecified atom stereocenters. The molecular weight excluding hydrogens is 356 g/mol. The Morgan fingerprint density at radius 1 is 1.21 bits per heavy atom. The van der Waals surface area contributed by atoms with E-state index in [9.17, 15) is 19.8 Å². The third kappa shape index (κ3) is 2.26. The number of aliphatic hydroxyl groups is 2. The molecule has 3 fully saturated rings. The summed E-state index contributed by atoms with van der Waals surface area (Å²) < 4.78 is 5.18. The second-order valence-electron chi connectivity index (χ2n) is 10.1. The average molecular weight is 386 g/mol. The van der Waals surface area contributed by atoms with Crippen molar-refractivity contribution in [1.29, 1.82) is 0 Å². The van der Waals surface area contributed by atoms with Crippen LogP contribution in [-0.4, -0.2) is 40.8 Å². The fraction of sp³-hybridized carbons (Fsp3) is 0.739. The van der Waals surface area contributed by atoms with Crippen LogP contribution in [-0.2, 0) is 14.3 Å². The summed E-state index contributed by atoms with van der Waals surface area (Å²) >= 11 is 0. The van der Waals surface area contributed by atoms with Gasteiger partial charge in [-0.15, -0.1) is 0 Å². The third-order valence-corrected chi connectivity index (χ3v) is 9.07. The van der Waals surface area contributed by atoms with E-state index in [1.54, 1.807) is 6.08 Å². The molecule has 1 heterocycles. The van der Waals surface area contributed by atoms with Gasteiger partial charge in [-0.2, -0.15) is 0 Å². The molecule has 4 aliphatic carbocycles. The maximum atomic E-state index is 12.4. The molecule has 2 N–H and O–H groups in total. The summed E-state index contributed by atoms with van der Waals surface area (Å²) in [6, 6.07) is 0. The van der Waals surface area contributed by atoms with Gasteiger partial charge in [0.15, 0.2) is 0 Å². The first-order valence-corrected chi connectivity index (χ1v) is 10.8. The van der Waals surface area contributed by atoms with Crippen molar-refractivity contribution >= 4 is 12.3 Å². The molecule has 0 radical (unpaired) electrons. The Hall–Kier alpha value is -1.46. The standard InChI is InChI=1S/C23H30O5/c1-21-7-6-19-16(18(21)3-2-17(21)14-10-20(26)28-12-14)5-9-23(27)11-15(25)4-8-22(19,23)13-24/h3,10,13,15-17,19,25,27H,2,4-9,11-12H2,1H3/t15-,16-,17+,19+,21+,22-,23-/m0/s1. The molecule has 5 rings (SSSR count). The highest BCUT2D eigenvalue weighted by atomic mass is 16.5. The molecule has 0 aromatic heterocycles. The van der Waals surface area contributed by atoms with Crippen LogP contribution in [0, 0.1) is 28.6 Å². The normalized spacial score (nSPS) is 50.0. The molecule has 0 amide bonds. The highest BCUT2D eigenvalue weighted by molar-refractivity contribution is 5.85. The van der Waals surface area contributed by atoms with Gasteiger partial charge in [0, 0.05) is 12.5 Å². The van der Waals surface area contributed by atoms with Crippen LogP contribution in [0.4, 0.5) is 0 Å². The second kappa shape index (κ2) is 6.02. The minimum Gasteiger partial charge on any atom is -0.458 e. The van der Waals surface area contributed by atoms with Gasteiger partial charge >= 0.3 is 5.97 Å². The van der Waals surface area contributed by atoms with Gasteiger partial charge in [0.1, 0.15) is 12.9 Å². The SMILES string of the molecule is C[C@]12CC[C@@H]3[C@@H](CC[C@]4(O)C[C@@H](O)CC[C@]34C=O)C1=CC[C@@H]2C1=CC(=O)OC1. The van der Waals surface area contributed by atoms with Crippen LogP contribution in [0.2, 0.25) is 0 Å². The van der Waals surface area contributed by atoms with E-state index in [-0.39, 0.29) is 17.3 Å². The molecule has 152 valence electrons. The summed E-state index contributed by atoms with van der Waals surface area (Å²) in [4.78, 5) is 24.0. The predicted octanol–water partition coefficient (Wildman–Crippen LogP) is 2.70. The lowest BCUT2D eigenvalue weighted by Gasteiger charge is -2.61. The smallest absolute Gasteiger partial charge is 0.331 e. The molecule has 5 heteroatoms. The lowest BCUT2D eigenvalue weighted by atomic mass is 9.44. The van der Waals surface area contributed by atoms with Gasteiger partial charge in [-0.05, 0) is 73.7 Å². The summed E-state index contributed by atoms with van der Waals surface area (Å²) in [5.41, 5.74) is 0.739. The fourth-order valence-electron chi connectivity index (χ4n) is 7.67. The van der Waals surface area contributed by atoms with Gasteiger partial charge in [0.05, 0.1) is 17.1 Å². The Bertz CT molecular complexity index is 784. The summed E-state index contributed by atoms with van der Waals surface area (Å²) in [5, 5.41) is 21.6. The van der Waals surface area contributed by atoms with Gasteiger partial charge in [0.25, 0.3) is 0 Å². The minimum atomic E-state index is -1.08. The quantitative estimate of drug-likeness (QED) is 0.433.